The Bertz CT molecular complexity index is 373. The minimum atomic E-state index is -4.28. The Balaban J connectivity index is 2.34. The van der Waals surface area contributed by atoms with Crippen molar-refractivity contribution in [3.63, 3.8) is 0 Å². The van der Waals surface area contributed by atoms with Gasteiger partial charge >= 0.3 is 6.18 Å². The number of benzene rings is 1. The number of hydrogen-bond acceptors (Lipinski definition) is 1. The second-order valence-electron chi connectivity index (χ2n) is 4.12. The van der Waals surface area contributed by atoms with Gasteiger partial charge in [-0.05, 0) is 31.4 Å². The van der Waals surface area contributed by atoms with E-state index in [9.17, 15) is 13.2 Å². The summed E-state index contributed by atoms with van der Waals surface area (Å²) >= 11 is 0. The van der Waals surface area contributed by atoms with Gasteiger partial charge in [-0.1, -0.05) is 12.1 Å². The van der Waals surface area contributed by atoms with Gasteiger partial charge in [-0.2, -0.15) is 13.2 Å². The molecule has 2 rings (SSSR count). The van der Waals surface area contributed by atoms with Gasteiger partial charge in [0, 0.05) is 18.8 Å². The van der Waals surface area contributed by atoms with Gasteiger partial charge in [0.05, 0.1) is 5.56 Å². The van der Waals surface area contributed by atoms with Crippen LogP contribution in [-0.4, -0.2) is 13.1 Å². The molecule has 0 amide bonds. The van der Waals surface area contributed by atoms with Crippen LogP contribution in [0.1, 0.15) is 12.0 Å². The Morgan fingerprint density at radius 2 is 1.94 bits per heavy atom. The number of alkyl halides is 3. The predicted molar refractivity (Wildman–Crippen MR) is 57.1 cm³/mol. The van der Waals surface area contributed by atoms with Gasteiger partial charge in [-0.3, -0.25) is 0 Å². The van der Waals surface area contributed by atoms with Crippen molar-refractivity contribution in [3.8, 4) is 0 Å². The molecular weight excluding hydrogens is 215 g/mol. The van der Waals surface area contributed by atoms with Crippen LogP contribution in [0.5, 0.6) is 0 Å². The third-order valence-electron chi connectivity index (χ3n) is 2.84. The topological polar surface area (TPSA) is 3.24 Å². The molecule has 0 aliphatic carbocycles. The van der Waals surface area contributed by atoms with E-state index in [1.807, 2.05) is 0 Å². The summed E-state index contributed by atoms with van der Waals surface area (Å²) in [6.45, 7) is 5.14. The van der Waals surface area contributed by atoms with Gasteiger partial charge in [0.2, 0.25) is 0 Å². The van der Waals surface area contributed by atoms with Crippen LogP contribution in [0.3, 0.4) is 0 Å². The molecule has 1 aliphatic heterocycles. The molecule has 0 spiro atoms. The van der Waals surface area contributed by atoms with E-state index < -0.39 is 11.7 Å². The van der Waals surface area contributed by atoms with Crippen molar-refractivity contribution in [2.45, 2.75) is 12.6 Å². The number of rotatable bonds is 1. The first-order chi connectivity index (χ1) is 7.48. The van der Waals surface area contributed by atoms with Gasteiger partial charge in [0.1, 0.15) is 0 Å². The first-order valence-corrected chi connectivity index (χ1v) is 5.23. The molecule has 87 valence electrons. The van der Waals surface area contributed by atoms with Crippen LogP contribution >= 0.6 is 0 Å². The SMILES string of the molecule is [CH2][C@H]1CCN(c2ccccc2C(F)(F)F)C1. The molecule has 0 bridgehead atoms. The minimum Gasteiger partial charge on any atom is -0.371 e. The lowest BCUT2D eigenvalue weighted by Crippen LogP contribution is -2.22. The van der Waals surface area contributed by atoms with Crippen molar-refractivity contribution >= 4 is 5.69 Å². The molecule has 1 aromatic rings. The lowest BCUT2D eigenvalue weighted by molar-refractivity contribution is -0.137. The molecule has 1 radical (unpaired) electrons. The largest absolute Gasteiger partial charge is 0.418 e. The van der Waals surface area contributed by atoms with Crippen LogP contribution in [0, 0.1) is 12.8 Å². The third kappa shape index (κ3) is 2.15. The first-order valence-electron chi connectivity index (χ1n) is 5.23. The van der Waals surface area contributed by atoms with Crippen molar-refractivity contribution in [1.29, 1.82) is 0 Å². The molecule has 16 heavy (non-hydrogen) atoms. The molecule has 0 N–H and O–H groups in total. The maximum atomic E-state index is 12.8. The van der Waals surface area contributed by atoms with Gasteiger partial charge in [0.25, 0.3) is 0 Å². The van der Waals surface area contributed by atoms with E-state index in [0.29, 0.717) is 13.1 Å². The summed E-state index contributed by atoms with van der Waals surface area (Å²) in [7, 11) is 0. The monoisotopic (exact) mass is 228 g/mol. The summed E-state index contributed by atoms with van der Waals surface area (Å²) < 4.78 is 38.3. The highest BCUT2D eigenvalue weighted by molar-refractivity contribution is 5.55. The predicted octanol–water partition coefficient (Wildman–Crippen LogP) is 3.37. The molecule has 1 heterocycles. The quantitative estimate of drug-likeness (QED) is 0.712. The number of para-hydroxylation sites is 1. The van der Waals surface area contributed by atoms with E-state index in [1.165, 1.54) is 12.1 Å². The van der Waals surface area contributed by atoms with Crippen molar-refractivity contribution < 1.29 is 13.2 Å². The number of hydrogen-bond donors (Lipinski definition) is 0. The number of anilines is 1. The molecule has 0 aromatic heterocycles. The molecule has 4 heteroatoms. The van der Waals surface area contributed by atoms with Crippen LogP contribution in [0.2, 0.25) is 0 Å². The smallest absolute Gasteiger partial charge is 0.371 e. The fourth-order valence-corrected chi connectivity index (χ4v) is 2.04. The fraction of sp³-hybridized carbons (Fsp3) is 0.417. The summed E-state index contributed by atoms with van der Waals surface area (Å²) in [6.07, 6.45) is -3.43. The number of halogens is 3. The standard InChI is InChI=1S/C12H13F3N/c1-9-6-7-16(8-9)11-5-3-2-4-10(11)12(13,14)15/h2-5,9H,1,6-8H2/t9-/m0/s1. The molecule has 1 aliphatic rings. The minimum absolute atomic E-state index is 0.223. The van der Waals surface area contributed by atoms with E-state index in [2.05, 4.69) is 6.92 Å². The summed E-state index contributed by atoms with van der Waals surface area (Å²) in [5.41, 5.74) is -0.273. The van der Waals surface area contributed by atoms with Crippen molar-refractivity contribution in [3.05, 3.63) is 36.8 Å². The zero-order chi connectivity index (χ0) is 11.8. The average molecular weight is 228 g/mol. The highest BCUT2D eigenvalue weighted by Gasteiger charge is 2.35. The van der Waals surface area contributed by atoms with Gasteiger partial charge < -0.3 is 4.90 Å². The van der Waals surface area contributed by atoms with E-state index >= 15 is 0 Å². The molecule has 0 unspecified atom stereocenters. The average Bonchev–Trinajstić information content (AvgIpc) is 2.64. The Morgan fingerprint density at radius 1 is 1.25 bits per heavy atom. The van der Waals surface area contributed by atoms with E-state index in [-0.39, 0.29) is 11.6 Å². The van der Waals surface area contributed by atoms with Gasteiger partial charge in [-0.15, -0.1) is 0 Å². The van der Waals surface area contributed by atoms with Crippen molar-refractivity contribution in [2.24, 2.45) is 5.92 Å². The zero-order valence-corrected chi connectivity index (χ0v) is 8.80. The Hall–Kier alpha value is -1.19. The summed E-state index contributed by atoms with van der Waals surface area (Å²) in [5, 5.41) is 0. The summed E-state index contributed by atoms with van der Waals surface area (Å²) in [5.74, 6) is 0.223. The van der Waals surface area contributed by atoms with Gasteiger partial charge in [0.15, 0.2) is 0 Å². The molecule has 1 fully saturated rings. The Kier molecular flexibility index (Phi) is 2.82. The van der Waals surface area contributed by atoms with Crippen molar-refractivity contribution in [2.75, 3.05) is 18.0 Å². The maximum absolute atomic E-state index is 12.8. The highest BCUT2D eigenvalue weighted by atomic mass is 19.4. The fourth-order valence-electron chi connectivity index (χ4n) is 2.04. The molecule has 1 nitrogen and oxygen atoms in total. The lowest BCUT2D eigenvalue weighted by atomic mass is 10.1. The molecule has 1 atom stereocenters. The third-order valence-corrected chi connectivity index (χ3v) is 2.84. The normalized spacial score (nSPS) is 21.5. The molecular formula is C12H13F3N. The summed E-state index contributed by atoms with van der Waals surface area (Å²) in [6, 6.07) is 5.72. The summed E-state index contributed by atoms with van der Waals surface area (Å²) in [4.78, 5) is 1.76. The molecule has 0 saturated carbocycles. The molecule has 1 aromatic carbocycles. The van der Waals surface area contributed by atoms with E-state index in [4.69, 9.17) is 0 Å². The van der Waals surface area contributed by atoms with Crippen LogP contribution in [-0.2, 0) is 6.18 Å². The van der Waals surface area contributed by atoms with Crippen LogP contribution in [0.15, 0.2) is 24.3 Å². The van der Waals surface area contributed by atoms with Gasteiger partial charge in [-0.25, -0.2) is 0 Å². The Morgan fingerprint density at radius 3 is 2.50 bits per heavy atom. The van der Waals surface area contributed by atoms with E-state index in [0.717, 1.165) is 12.5 Å². The molecule has 1 saturated heterocycles. The lowest BCUT2D eigenvalue weighted by Gasteiger charge is -2.22. The first kappa shape index (κ1) is 11.3. The van der Waals surface area contributed by atoms with Crippen LogP contribution in [0.25, 0.3) is 0 Å². The second kappa shape index (κ2) is 4.00. The number of nitrogens with zero attached hydrogens (tertiary/aromatic N) is 1. The van der Waals surface area contributed by atoms with Crippen LogP contribution < -0.4 is 4.90 Å². The Labute approximate surface area is 92.9 Å². The highest BCUT2D eigenvalue weighted by Crippen LogP contribution is 2.37. The van der Waals surface area contributed by atoms with Crippen LogP contribution in [0.4, 0.5) is 18.9 Å². The second-order valence-corrected chi connectivity index (χ2v) is 4.12. The maximum Gasteiger partial charge on any atom is 0.418 e. The zero-order valence-electron chi connectivity index (χ0n) is 8.80. The van der Waals surface area contributed by atoms with E-state index in [1.54, 1.807) is 11.0 Å². The van der Waals surface area contributed by atoms with Crippen molar-refractivity contribution in [1.82, 2.24) is 0 Å².